The van der Waals surface area contributed by atoms with Crippen LogP contribution in [0.5, 0.6) is 5.75 Å². The van der Waals surface area contributed by atoms with Crippen molar-refractivity contribution in [3.63, 3.8) is 0 Å². The molecule has 0 radical (unpaired) electrons. The molecule has 0 fully saturated rings. The summed E-state index contributed by atoms with van der Waals surface area (Å²) in [4.78, 5) is -1.96. The van der Waals surface area contributed by atoms with E-state index in [9.17, 15) is 87.6 Å². The first-order chi connectivity index (χ1) is 16.0. The fourth-order valence-corrected chi connectivity index (χ4v) is 2.65. The van der Waals surface area contributed by atoms with E-state index in [-0.39, 0.29) is 63.5 Å². The molecule has 0 saturated carbocycles. The van der Waals surface area contributed by atoms with Gasteiger partial charge in [0.15, 0.2) is 0 Å². The zero-order valence-corrected chi connectivity index (χ0v) is 21.2. The Kier molecular flexibility index (Phi) is 10.6. The molecule has 214 valence electrons. The van der Waals surface area contributed by atoms with Crippen LogP contribution in [-0.2, 0) is 10.1 Å². The standard InChI is InChI=1S/C15H5F17O4S.K/c16-7(9(18,19)11(22,23)13(26,27)14(28,29)30)8(17)10(20,21)12(24,25)15(31,32)36-5-3-1-2-4-6(5)37(33,34)35;/h1-4H,(H,33,34,35);/q;+1/p-1/b8-7+;. The molecule has 0 aromatic heterocycles. The fraction of sp³-hybridized carbons (Fsp3) is 0.467. The second-order valence-electron chi connectivity index (χ2n) is 6.52. The van der Waals surface area contributed by atoms with E-state index in [1.807, 2.05) is 0 Å². The van der Waals surface area contributed by atoms with E-state index in [0.29, 0.717) is 12.1 Å². The summed E-state index contributed by atoms with van der Waals surface area (Å²) >= 11 is 0. The van der Waals surface area contributed by atoms with E-state index in [0.717, 1.165) is 0 Å². The van der Waals surface area contributed by atoms with Crippen molar-refractivity contribution in [2.45, 2.75) is 46.8 Å². The minimum Gasteiger partial charge on any atom is -0.744 e. The quantitative estimate of drug-likeness (QED) is 0.235. The molecule has 0 bridgehead atoms. The number of halogens is 17. The fourth-order valence-electron chi connectivity index (χ4n) is 2.05. The topological polar surface area (TPSA) is 66.4 Å². The monoisotopic (exact) mass is 642 g/mol. The van der Waals surface area contributed by atoms with Crippen LogP contribution in [0, 0.1) is 0 Å². The van der Waals surface area contributed by atoms with Crippen LogP contribution in [0.25, 0.3) is 0 Å². The van der Waals surface area contributed by atoms with Gasteiger partial charge in [0.2, 0.25) is 11.7 Å². The number of rotatable bonds is 9. The third kappa shape index (κ3) is 6.06. The van der Waals surface area contributed by atoms with Gasteiger partial charge >= 0.3 is 93.3 Å². The van der Waals surface area contributed by atoms with Crippen molar-refractivity contribution in [1.29, 1.82) is 0 Å². The van der Waals surface area contributed by atoms with E-state index in [4.69, 9.17) is 0 Å². The largest absolute Gasteiger partial charge is 1.00 e. The van der Waals surface area contributed by atoms with Gasteiger partial charge in [0, 0.05) is 0 Å². The van der Waals surface area contributed by atoms with E-state index in [1.165, 1.54) is 0 Å². The average Bonchev–Trinajstić information content (AvgIpc) is 2.70. The van der Waals surface area contributed by atoms with Gasteiger partial charge in [-0.1, -0.05) is 12.1 Å². The van der Waals surface area contributed by atoms with Crippen LogP contribution in [0.2, 0.25) is 0 Å². The van der Waals surface area contributed by atoms with Crippen LogP contribution in [0.15, 0.2) is 40.8 Å². The Hall–Kier alpha value is -0.884. The minimum atomic E-state index is -8.20. The van der Waals surface area contributed by atoms with Gasteiger partial charge in [-0.15, -0.1) is 0 Å². The number of hydrogen-bond acceptors (Lipinski definition) is 4. The summed E-state index contributed by atoms with van der Waals surface area (Å²) in [6.07, 6.45) is -14.7. The molecule has 0 atom stereocenters. The van der Waals surface area contributed by atoms with Crippen molar-refractivity contribution in [3.05, 3.63) is 35.9 Å². The third-order valence-electron chi connectivity index (χ3n) is 4.01. The van der Waals surface area contributed by atoms with E-state index >= 15 is 0 Å². The predicted octanol–water partition coefficient (Wildman–Crippen LogP) is 3.46. The number of ether oxygens (including phenoxy) is 1. The Balaban J connectivity index is 0.0000137. The first kappa shape index (κ1) is 37.1. The van der Waals surface area contributed by atoms with Crippen molar-refractivity contribution >= 4 is 10.1 Å². The van der Waals surface area contributed by atoms with Crippen LogP contribution in [-0.4, -0.2) is 54.9 Å². The minimum absolute atomic E-state index is 0. The Bertz CT molecular complexity index is 1160. The van der Waals surface area contributed by atoms with Gasteiger partial charge in [0.25, 0.3) is 0 Å². The second-order valence-corrected chi connectivity index (χ2v) is 7.87. The van der Waals surface area contributed by atoms with Crippen LogP contribution < -0.4 is 56.1 Å². The summed E-state index contributed by atoms with van der Waals surface area (Å²) in [5.41, 5.74) is 0. The van der Waals surface area contributed by atoms with E-state index < -0.39 is 74.3 Å². The molecule has 0 spiro atoms. The second kappa shape index (κ2) is 10.8. The number of hydrogen-bond donors (Lipinski definition) is 0. The SMILES string of the molecule is O=S(=O)([O-])c1ccccc1OC(F)(F)C(F)(F)C(F)(F)/C(F)=C(\F)C(F)(F)C(F)(F)C(F)(F)C(F)(F)F.[K+]. The number of alkyl halides is 15. The smallest absolute Gasteiger partial charge is 0.744 e. The summed E-state index contributed by atoms with van der Waals surface area (Å²) < 4.78 is 259. The van der Waals surface area contributed by atoms with Gasteiger partial charge in [-0.05, 0) is 12.1 Å². The molecule has 1 rings (SSSR count). The zero-order chi connectivity index (χ0) is 29.8. The van der Waals surface area contributed by atoms with Gasteiger partial charge in [0.05, 0.1) is 4.90 Å². The van der Waals surface area contributed by atoms with Gasteiger partial charge < -0.3 is 9.29 Å². The zero-order valence-electron chi connectivity index (χ0n) is 17.3. The molecule has 23 heteroatoms. The summed E-state index contributed by atoms with van der Waals surface area (Å²) in [7, 11) is -5.91. The van der Waals surface area contributed by atoms with Crippen LogP contribution in [0.3, 0.4) is 0 Å². The predicted molar refractivity (Wildman–Crippen MR) is 80.0 cm³/mol. The molecule has 0 heterocycles. The van der Waals surface area contributed by atoms with Gasteiger partial charge in [-0.25, -0.2) is 17.2 Å². The molecule has 1 aromatic rings. The number of allylic oxidation sites excluding steroid dienone is 2. The Labute approximate surface area is 241 Å². The Morgan fingerprint density at radius 1 is 0.658 bits per heavy atom. The Morgan fingerprint density at radius 3 is 1.39 bits per heavy atom. The van der Waals surface area contributed by atoms with Crippen LogP contribution in [0.1, 0.15) is 0 Å². The van der Waals surface area contributed by atoms with Crippen molar-refractivity contribution in [2.24, 2.45) is 0 Å². The molecule has 0 aliphatic carbocycles. The summed E-state index contributed by atoms with van der Waals surface area (Å²) in [6, 6.07) is 0.987. The number of para-hydroxylation sites is 1. The number of benzene rings is 1. The van der Waals surface area contributed by atoms with Crippen molar-refractivity contribution in [1.82, 2.24) is 0 Å². The van der Waals surface area contributed by atoms with Gasteiger partial charge in [-0.2, -0.15) is 65.9 Å². The maximum atomic E-state index is 13.8. The first-order valence-electron chi connectivity index (χ1n) is 8.15. The van der Waals surface area contributed by atoms with Crippen LogP contribution in [0.4, 0.5) is 74.6 Å². The maximum Gasteiger partial charge on any atom is 1.00 e. The molecular weight excluding hydrogens is 638 g/mol. The molecule has 0 aliphatic heterocycles. The Morgan fingerprint density at radius 2 is 1.03 bits per heavy atom. The molecular formula is C15H4F17KO4S. The third-order valence-corrected chi connectivity index (χ3v) is 4.88. The first-order valence-corrected chi connectivity index (χ1v) is 9.56. The summed E-state index contributed by atoms with van der Waals surface area (Å²) in [5, 5.41) is 0. The van der Waals surface area contributed by atoms with Gasteiger partial charge in [-0.3, -0.25) is 0 Å². The van der Waals surface area contributed by atoms with Gasteiger partial charge in [0.1, 0.15) is 15.9 Å². The average molecular weight is 642 g/mol. The van der Waals surface area contributed by atoms with Crippen LogP contribution >= 0.6 is 0 Å². The molecule has 38 heavy (non-hydrogen) atoms. The van der Waals surface area contributed by atoms with Crippen molar-refractivity contribution in [2.75, 3.05) is 0 Å². The molecule has 0 N–H and O–H groups in total. The molecule has 0 saturated heterocycles. The summed E-state index contributed by atoms with van der Waals surface area (Å²) in [5.74, 6) is -52.8. The normalized spacial score (nSPS) is 15.5. The van der Waals surface area contributed by atoms with Crippen molar-refractivity contribution in [3.8, 4) is 5.75 Å². The van der Waals surface area contributed by atoms with E-state index in [1.54, 1.807) is 0 Å². The molecule has 0 unspecified atom stereocenters. The maximum absolute atomic E-state index is 13.8. The van der Waals surface area contributed by atoms with E-state index in [2.05, 4.69) is 4.74 Å². The van der Waals surface area contributed by atoms with Crippen molar-refractivity contribution < 1.29 is 144 Å². The molecule has 1 aromatic carbocycles. The molecule has 0 aliphatic rings. The summed E-state index contributed by atoms with van der Waals surface area (Å²) in [6.45, 7) is 0. The molecule has 0 amide bonds. The molecule has 4 nitrogen and oxygen atoms in total.